The minimum Gasteiger partial charge on any atom is -0.465 e. The number of hydrogen-bond donors (Lipinski definition) is 0. The molecule has 0 N–H and O–H groups in total. The summed E-state index contributed by atoms with van der Waals surface area (Å²) in [6, 6.07) is 0. The van der Waals surface area contributed by atoms with E-state index in [1.807, 2.05) is 0 Å². The van der Waals surface area contributed by atoms with Crippen molar-refractivity contribution in [3.63, 3.8) is 0 Å². The van der Waals surface area contributed by atoms with Crippen molar-refractivity contribution in [2.75, 3.05) is 0 Å². The van der Waals surface area contributed by atoms with Crippen molar-refractivity contribution in [2.45, 2.75) is 0 Å². The van der Waals surface area contributed by atoms with Gasteiger partial charge in [-0.1, -0.05) is 0 Å². The quantitative estimate of drug-likeness (QED) is 0.471. The topological polar surface area (TPSA) is 77.8 Å². The van der Waals surface area contributed by atoms with E-state index in [0.29, 0.717) is 19.0 Å². The lowest BCUT2D eigenvalue weighted by Gasteiger charge is -1.83. The maximum atomic E-state index is 5.28. The Morgan fingerprint density at radius 2 is 1.31 bits per heavy atom. The third-order valence-corrected chi connectivity index (χ3v) is 3.42. The highest BCUT2D eigenvalue weighted by Gasteiger charge is 2.13. The lowest BCUT2D eigenvalue weighted by Crippen LogP contribution is -2.29. The van der Waals surface area contributed by atoms with Crippen molar-refractivity contribution >= 4 is 66.8 Å². The predicted octanol–water partition coefficient (Wildman–Crippen LogP) is -5.64. The van der Waals surface area contributed by atoms with Crippen LogP contribution in [0.4, 0.5) is 0 Å². The number of rotatable bonds is 2. The van der Waals surface area contributed by atoms with Crippen molar-refractivity contribution in [3.8, 4) is 0 Å². The zero-order valence-electron chi connectivity index (χ0n) is 7.31. The first-order valence-electron chi connectivity index (χ1n) is 3.82. The molecule has 0 saturated carbocycles. The fourth-order valence-corrected chi connectivity index (χ4v) is 3.30. The van der Waals surface area contributed by atoms with Gasteiger partial charge in [0.15, 0.2) is 0 Å². The molecule has 0 fully saturated rings. The standard InChI is InChI=1S/2C2N2O.3Al.5H/c2*1-3-4-2-5-1;;;;;;;;. The normalized spacial score (nSPS) is 10.2. The van der Waals surface area contributed by atoms with Crippen LogP contribution < -0.4 is 19.0 Å². The second-order valence-corrected chi connectivity index (χ2v) is 5.88. The molecular formula is C4H5Al3N4O2. The van der Waals surface area contributed by atoms with E-state index in [0.717, 1.165) is 32.6 Å². The minimum absolute atomic E-state index is 0.676. The van der Waals surface area contributed by atoms with Gasteiger partial charge in [-0.25, -0.2) is 0 Å². The first-order valence-corrected chi connectivity index (χ1v) is 7.23. The van der Waals surface area contributed by atoms with E-state index in [4.69, 9.17) is 8.83 Å². The summed E-state index contributed by atoms with van der Waals surface area (Å²) in [5, 5.41) is 15.4. The molecule has 13 heavy (non-hydrogen) atoms. The average molecular weight is 222 g/mol. The Morgan fingerprint density at radius 1 is 0.846 bits per heavy atom. The van der Waals surface area contributed by atoms with Crippen molar-refractivity contribution < 1.29 is 8.83 Å². The first-order chi connectivity index (χ1) is 6.24. The number of aromatic nitrogens is 4. The first kappa shape index (κ1) is 9.43. The van der Waals surface area contributed by atoms with E-state index in [2.05, 4.69) is 20.4 Å². The Labute approximate surface area is 95.7 Å². The van der Waals surface area contributed by atoms with Gasteiger partial charge in [0, 0.05) is 0 Å². The van der Waals surface area contributed by atoms with Crippen LogP contribution in [0.2, 0.25) is 0 Å². The Morgan fingerprint density at radius 3 is 1.62 bits per heavy atom. The third kappa shape index (κ3) is 2.42. The van der Waals surface area contributed by atoms with Gasteiger partial charge >= 0.3 is 47.8 Å². The molecule has 0 bridgehead atoms. The van der Waals surface area contributed by atoms with Crippen LogP contribution >= 0.6 is 0 Å². The van der Waals surface area contributed by atoms with Gasteiger partial charge in [-0.3, -0.25) is 0 Å². The summed E-state index contributed by atoms with van der Waals surface area (Å²) >= 11 is 0.749. The van der Waals surface area contributed by atoms with Crippen molar-refractivity contribution in [2.24, 2.45) is 0 Å². The van der Waals surface area contributed by atoms with Gasteiger partial charge < -0.3 is 8.83 Å². The Bertz CT molecular complexity index is 375. The molecule has 0 saturated heterocycles. The molecule has 0 aliphatic carbocycles. The fraction of sp³-hybridized carbons (Fsp3) is 0. The summed E-state index contributed by atoms with van der Waals surface area (Å²) in [6.07, 6.45) is 0. The van der Waals surface area contributed by atoms with Gasteiger partial charge in [0.05, 0.1) is 0 Å². The molecule has 6 nitrogen and oxygen atoms in total. The largest absolute Gasteiger partial charge is 0.507 e. The van der Waals surface area contributed by atoms with Crippen molar-refractivity contribution in [3.05, 3.63) is 0 Å². The van der Waals surface area contributed by atoms with Crippen LogP contribution in [0.15, 0.2) is 8.83 Å². The lowest BCUT2D eigenvalue weighted by molar-refractivity contribution is 0.614. The smallest absolute Gasteiger partial charge is 0.465 e. The van der Waals surface area contributed by atoms with Crippen LogP contribution in [0, 0.1) is 0 Å². The highest BCUT2D eigenvalue weighted by molar-refractivity contribution is 6.63. The van der Waals surface area contributed by atoms with Gasteiger partial charge in [-0.2, -0.15) is 0 Å². The molecule has 2 heterocycles. The molecule has 2 aromatic rings. The Hall–Kier alpha value is -0.123. The zero-order valence-corrected chi connectivity index (χ0v) is 12.7. The minimum atomic E-state index is -0.829. The predicted molar refractivity (Wildman–Crippen MR) is 51.4 cm³/mol. The van der Waals surface area contributed by atoms with E-state index in [1.165, 1.54) is 0 Å². The lowest BCUT2D eigenvalue weighted by atomic mass is 11.4. The van der Waals surface area contributed by atoms with E-state index >= 15 is 0 Å². The van der Waals surface area contributed by atoms with Gasteiger partial charge in [-0.15, -0.1) is 20.4 Å². The van der Waals surface area contributed by atoms with E-state index in [1.54, 1.807) is 0 Å². The summed E-state index contributed by atoms with van der Waals surface area (Å²) in [5.74, 6) is 0. The van der Waals surface area contributed by atoms with Crippen LogP contribution in [0.5, 0.6) is 0 Å². The summed E-state index contributed by atoms with van der Waals surface area (Å²) in [6.45, 7) is 0. The van der Waals surface area contributed by atoms with Gasteiger partial charge in [0.25, 0.3) is 0 Å². The van der Waals surface area contributed by atoms with Crippen LogP contribution in [0.25, 0.3) is 0 Å². The highest BCUT2D eigenvalue weighted by atomic mass is 27.1. The molecular weight excluding hydrogens is 217 g/mol. The number of nitrogens with zero attached hydrogens (tertiary/aromatic N) is 4. The number of hydrogen-bond acceptors (Lipinski definition) is 6. The summed E-state index contributed by atoms with van der Waals surface area (Å²) in [7, 11) is 0. The molecule has 2 aromatic heterocycles. The zero-order chi connectivity index (χ0) is 9.26. The van der Waals surface area contributed by atoms with Crippen LogP contribution in [0.3, 0.4) is 0 Å². The third-order valence-electron chi connectivity index (χ3n) is 1.44. The second kappa shape index (κ2) is 3.94. The average Bonchev–Trinajstić information content (AvgIpc) is 2.62. The Kier molecular flexibility index (Phi) is 2.86. The molecule has 0 aliphatic heterocycles. The second-order valence-electron chi connectivity index (χ2n) is 2.61. The summed E-state index contributed by atoms with van der Waals surface area (Å²) in [4.78, 5) is 0. The van der Waals surface area contributed by atoms with Gasteiger partial charge in [-0.05, 0) is 0 Å². The maximum Gasteiger partial charge on any atom is 0.507 e. The fourth-order valence-electron chi connectivity index (χ4n) is 0.947. The molecule has 0 unspecified atom stereocenters. The van der Waals surface area contributed by atoms with E-state index < -0.39 is 15.2 Å². The molecule has 0 radical (unpaired) electrons. The molecule has 0 amide bonds. The molecule has 0 atom stereocenters. The van der Waals surface area contributed by atoms with Crippen molar-refractivity contribution in [1.82, 2.24) is 20.4 Å². The van der Waals surface area contributed by atoms with Gasteiger partial charge in [0.1, 0.15) is 19.0 Å². The van der Waals surface area contributed by atoms with E-state index in [9.17, 15) is 0 Å². The molecule has 0 aromatic carbocycles. The van der Waals surface area contributed by atoms with Crippen LogP contribution in [-0.2, 0) is 0 Å². The summed E-state index contributed by atoms with van der Waals surface area (Å²) < 4.78 is 13.3. The van der Waals surface area contributed by atoms with Crippen molar-refractivity contribution in [1.29, 1.82) is 0 Å². The highest BCUT2D eigenvalue weighted by Crippen LogP contribution is 1.68. The van der Waals surface area contributed by atoms with Crippen LogP contribution in [0.1, 0.15) is 0 Å². The molecule has 0 spiro atoms. The monoisotopic (exact) mass is 222 g/mol. The SMILES string of the molecule is [AlH2][c]1nn[c]([AlH][c]2nn[c]([AlH2])o2)o1. The molecule has 9 heteroatoms. The summed E-state index contributed by atoms with van der Waals surface area (Å²) in [5.41, 5.74) is 0. The Balaban J connectivity index is 2.14. The van der Waals surface area contributed by atoms with Gasteiger partial charge in [0.2, 0.25) is 0 Å². The van der Waals surface area contributed by atoms with E-state index in [-0.39, 0.29) is 0 Å². The molecule has 2 rings (SSSR count). The molecule has 62 valence electrons. The van der Waals surface area contributed by atoms with Crippen LogP contribution in [-0.4, -0.2) is 68.2 Å². The molecule has 0 aliphatic rings. The maximum absolute atomic E-state index is 5.28.